The van der Waals surface area contributed by atoms with Crippen LogP contribution in [-0.2, 0) is 74.6 Å². The van der Waals surface area contributed by atoms with E-state index in [-0.39, 0.29) is 61.7 Å². The smallest absolute Gasteiger partial charge is 0.335 e. The Hall–Kier alpha value is -4.78. The lowest BCUT2D eigenvalue weighted by Crippen LogP contribution is -2.54. The van der Waals surface area contributed by atoms with Gasteiger partial charge in [0, 0.05) is 74.7 Å². The van der Waals surface area contributed by atoms with Crippen molar-refractivity contribution in [2.75, 3.05) is 69.3 Å². The van der Waals surface area contributed by atoms with Gasteiger partial charge in [-0.3, -0.25) is 23.2 Å². The second-order valence-electron chi connectivity index (χ2n) is 16.6. The molecule has 2 amide bonds. The molecule has 2 aromatic rings. The molecule has 22 heteroatoms. The van der Waals surface area contributed by atoms with Crippen LogP contribution in [0.5, 0.6) is 0 Å². The first kappa shape index (κ1) is 52.2. The summed E-state index contributed by atoms with van der Waals surface area (Å²) in [7, 11) is -10.4. The highest BCUT2D eigenvalue weighted by Crippen LogP contribution is 2.55. The minimum atomic E-state index is -4.59. The Morgan fingerprint density at radius 2 is 1.32 bits per heavy atom. The van der Waals surface area contributed by atoms with Crippen molar-refractivity contribution in [2.24, 2.45) is 0 Å². The Labute approximate surface area is 385 Å². The number of ether oxygens (including phenoxy) is 3. The number of hydrogen-bond acceptors (Lipinski definition) is 15. The topological polar surface area (TPSA) is 261 Å². The predicted octanol–water partition coefficient (Wildman–Crippen LogP) is 4.71. The van der Waals surface area contributed by atoms with E-state index in [4.69, 9.17) is 19.0 Å². The number of anilines is 2. The lowest BCUT2D eigenvalue weighted by Gasteiger charge is -2.45. The Balaban J connectivity index is 1.42. The lowest BCUT2D eigenvalue weighted by molar-refractivity contribution is -0.198. The summed E-state index contributed by atoms with van der Waals surface area (Å²) in [6, 6.07) is 8.62. The maximum atomic E-state index is 12.3. The number of rotatable bonds is 23. The largest absolute Gasteiger partial charge is 0.385 e. The molecule has 3 N–H and O–H groups in total. The lowest BCUT2D eigenvalue weighted by atomic mass is 9.67. The van der Waals surface area contributed by atoms with Crippen molar-refractivity contribution in [3.05, 3.63) is 95.8 Å². The molecule has 0 radical (unpaired) electrons. The van der Waals surface area contributed by atoms with Crippen LogP contribution in [0.25, 0.3) is 0 Å². The molecular formula is C44H57N3O16S3. The number of imide groups is 1. The van der Waals surface area contributed by atoms with Crippen LogP contribution < -0.4 is 9.80 Å². The fraction of sp³-hybridized carbons (Fsp3) is 0.477. The molecule has 0 aromatic heterocycles. The average Bonchev–Trinajstić information content (AvgIpc) is 3.74. The number of allylic oxidation sites excluding steroid dienone is 7. The van der Waals surface area contributed by atoms with E-state index in [1.54, 1.807) is 56.7 Å². The number of fused-ring (bicyclic) bond motifs is 2. The number of hydroxylamine groups is 2. The van der Waals surface area contributed by atoms with Gasteiger partial charge in [-0.2, -0.15) is 25.3 Å². The number of carbonyl (C=O) groups excluding carboxylic acids is 3. The molecule has 3 aliphatic rings. The number of amides is 2. The summed E-state index contributed by atoms with van der Waals surface area (Å²) in [5, 5.41) is 0.468. The Morgan fingerprint density at radius 3 is 1.92 bits per heavy atom. The number of benzene rings is 2. The molecule has 1 saturated heterocycles. The normalized spacial score (nSPS) is 23.1. The zero-order chi connectivity index (χ0) is 48.7. The molecule has 0 saturated carbocycles. The Kier molecular flexibility index (Phi) is 16.6. The van der Waals surface area contributed by atoms with E-state index in [1.165, 1.54) is 24.3 Å². The summed E-state index contributed by atoms with van der Waals surface area (Å²) in [6.07, 6.45) is 13.1. The van der Waals surface area contributed by atoms with Gasteiger partial charge in [-0.1, -0.05) is 43.4 Å². The van der Waals surface area contributed by atoms with Gasteiger partial charge in [0.1, 0.15) is 0 Å². The number of carbonyl (C=O) groups is 3. The molecule has 3 atom stereocenters. The van der Waals surface area contributed by atoms with Gasteiger partial charge in [0.15, 0.2) is 0 Å². The minimum absolute atomic E-state index is 0.0330. The van der Waals surface area contributed by atoms with Crippen molar-refractivity contribution < 1.29 is 72.3 Å². The van der Waals surface area contributed by atoms with Crippen LogP contribution in [0, 0.1) is 0 Å². The quantitative estimate of drug-likeness (QED) is 0.0589. The maximum absolute atomic E-state index is 12.3. The Morgan fingerprint density at radius 1 is 0.727 bits per heavy atom. The predicted molar refractivity (Wildman–Crippen MR) is 242 cm³/mol. The van der Waals surface area contributed by atoms with Crippen molar-refractivity contribution in [1.82, 2.24) is 5.06 Å². The van der Waals surface area contributed by atoms with E-state index in [0.29, 0.717) is 53.7 Å². The third kappa shape index (κ3) is 11.7. The Bertz CT molecular complexity index is 2610. The van der Waals surface area contributed by atoms with E-state index < -0.39 is 70.3 Å². The summed E-state index contributed by atoms with van der Waals surface area (Å²) in [5.41, 5.74) is 0.571. The fourth-order valence-corrected chi connectivity index (χ4v) is 10.3. The van der Waals surface area contributed by atoms with Crippen LogP contribution in [0.4, 0.5) is 11.4 Å². The highest BCUT2D eigenvalue weighted by Gasteiger charge is 2.55. The third-order valence-electron chi connectivity index (χ3n) is 12.5. The first-order chi connectivity index (χ1) is 30.9. The van der Waals surface area contributed by atoms with E-state index in [0.717, 1.165) is 5.70 Å². The van der Waals surface area contributed by atoms with E-state index >= 15 is 0 Å². The first-order valence-electron chi connectivity index (χ1n) is 21.0. The molecule has 3 unspecified atom stereocenters. The van der Waals surface area contributed by atoms with Crippen molar-refractivity contribution in [1.29, 1.82) is 0 Å². The van der Waals surface area contributed by atoms with Crippen LogP contribution in [-0.4, -0.2) is 127 Å². The van der Waals surface area contributed by atoms with E-state index in [9.17, 15) is 53.3 Å². The van der Waals surface area contributed by atoms with Gasteiger partial charge in [-0.15, -0.1) is 5.06 Å². The van der Waals surface area contributed by atoms with Gasteiger partial charge in [0.05, 0.1) is 47.3 Å². The van der Waals surface area contributed by atoms with Crippen molar-refractivity contribution in [3.8, 4) is 0 Å². The number of nitrogens with zero attached hydrogens (tertiary/aromatic N) is 3. The van der Waals surface area contributed by atoms with Gasteiger partial charge in [0.2, 0.25) is 0 Å². The van der Waals surface area contributed by atoms with Crippen LogP contribution >= 0.6 is 0 Å². The van der Waals surface area contributed by atoms with Crippen molar-refractivity contribution in [3.63, 3.8) is 0 Å². The molecule has 0 bridgehead atoms. The van der Waals surface area contributed by atoms with E-state index in [1.807, 2.05) is 42.7 Å². The van der Waals surface area contributed by atoms with Gasteiger partial charge in [-0.25, -0.2) is 4.79 Å². The SMILES string of the molecule is COCCN1c2ccc(S(=O)(=O)O)cc2C(C)(CCCS(=O)(=O)O)C1(C)/C=C/C=C/C=C/C=C1/N(CCOCCC(=O)ON2C(=O)CCC2=O)c2ccc(S(=O)(=O)O)cc2C1(C)CCOC. The molecular weight excluding hydrogens is 923 g/mol. The van der Waals surface area contributed by atoms with E-state index in [2.05, 4.69) is 0 Å². The molecule has 3 aliphatic heterocycles. The number of hydrogen-bond donors (Lipinski definition) is 3. The molecule has 1 fully saturated rings. The molecule has 3 heterocycles. The minimum Gasteiger partial charge on any atom is -0.385 e. The highest BCUT2D eigenvalue weighted by atomic mass is 32.2. The molecule has 0 spiro atoms. The fourth-order valence-electron chi connectivity index (χ4n) is 8.78. The second kappa shape index (κ2) is 21.0. The van der Waals surface area contributed by atoms with Gasteiger partial charge in [0.25, 0.3) is 42.2 Å². The molecule has 0 aliphatic carbocycles. The zero-order valence-corrected chi connectivity index (χ0v) is 39.9. The molecule has 66 heavy (non-hydrogen) atoms. The van der Waals surface area contributed by atoms with Crippen molar-refractivity contribution in [2.45, 2.75) is 85.5 Å². The molecule has 19 nitrogen and oxygen atoms in total. The highest BCUT2D eigenvalue weighted by molar-refractivity contribution is 7.86. The first-order valence-corrected chi connectivity index (χ1v) is 25.5. The van der Waals surface area contributed by atoms with Crippen LogP contribution in [0.1, 0.15) is 70.4 Å². The monoisotopic (exact) mass is 979 g/mol. The van der Waals surface area contributed by atoms with Crippen molar-refractivity contribution >= 4 is 59.5 Å². The van der Waals surface area contributed by atoms with Gasteiger partial charge < -0.3 is 28.8 Å². The molecule has 2 aromatic carbocycles. The average molecular weight is 980 g/mol. The van der Waals surface area contributed by atoms with Gasteiger partial charge >= 0.3 is 5.97 Å². The summed E-state index contributed by atoms with van der Waals surface area (Å²) in [6.45, 7) is 6.95. The third-order valence-corrected chi connectivity index (χ3v) is 15.0. The standard InChI is InChI=1S/C44H57N3O16S3/c1-42(22-26-60-4)34-30-32(65(54,55)56)13-15-36(34)45(23-28-62-25-19-41(50)63-47-39(48)17-18-40(47)49)38(42)12-9-7-6-8-10-21-44(3)43(2,20-11-29-64(51,52)53)35-31-33(66(57,58)59)14-16-37(35)46(44)24-27-61-5/h6-10,12-16,21,30-31H,11,17-20,22-29H2,1-5H3,(H,51,52,53)(H,54,55,56)(H,57,58,59)/b8-6+,9-7+,21-10+,38-12+. The summed E-state index contributed by atoms with van der Waals surface area (Å²) in [5.74, 6) is -2.51. The maximum Gasteiger partial charge on any atom is 0.335 e. The molecule has 362 valence electrons. The van der Waals surface area contributed by atoms with Crippen LogP contribution in [0.2, 0.25) is 0 Å². The second-order valence-corrected chi connectivity index (χ2v) is 21.1. The molecule has 5 rings (SSSR count). The van der Waals surface area contributed by atoms with Crippen LogP contribution in [0.3, 0.4) is 0 Å². The summed E-state index contributed by atoms with van der Waals surface area (Å²) < 4.78 is 119. The van der Waals surface area contributed by atoms with Crippen LogP contribution in [0.15, 0.2) is 94.4 Å². The number of methoxy groups -OCH3 is 2. The summed E-state index contributed by atoms with van der Waals surface area (Å²) >= 11 is 0. The summed E-state index contributed by atoms with van der Waals surface area (Å²) in [4.78, 5) is 44.3. The zero-order valence-electron chi connectivity index (χ0n) is 37.4. The van der Waals surface area contributed by atoms with Gasteiger partial charge in [-0.05, 0) is 86.7 Å².